The summed E-state index contributed by atoms with van der Waals surface area (Å²) in [6.07, 6.45) is 3.32. The Kier molecular flexibility index (Phi) is 3.52. The van der Waals surface area contributed by atoms with Gasteiger partial charge in [-0.1, -0.05) is 0 Å². The number of hydrogen-bond acceptors (Lipinski definition) is 3. The van der Waals surface area contributed by atoms with E-state index in [2.05, 4.69) is 10.2 Å². The fourth-order valence-electron chi connectivity index (χ4n) is 1.51. The molecule has 0 aromatic heterocycles. The summed E-state index contributed by atoms with van der Waals surface area (Å²) in [5.74, 6) is 0. The zero-order valence-electron chi connectivity index (χ0n) is 7.05. The molecule has 1 saturated heterocycles. The minimum Gasteiger partial charge on any atom is -0.317 e. The summed E-state index contributed by atoms with van der Waals surface area (Å²) in [4.78, 5) is 12.3. The standard InChI is InChI=1S/C8H16N2O/c1-10(6-7-11)8-2-4-9-5-3-8/h7-9H,2-6H2,1H3. The van der Waals surface area contributed by atoms with Crippen LogP contribution in [0.1, 0.15) is 12.8 Å². The topological polar surface area (TPSA) is 32.3 Å². The van der Waals surface area contributed by atoms with Crippen LogP contribution in [0.5, 0.6) is 0 Å². The van der Waals surface area contributed by atoms with E-state index in [0.717, 1.165) is 19.4 Å². The molecule has 0 bridgehead atoms. The van der Waals surface area contributed by atoms with Gasteiger partial charge in [0.05, 0.1) is 6.54 Å². The third kappa shape index (κ3) is 2.60. The molecule has 64 valence electrons. The highest BCUT2D eigenvalue weighted by Gasteiger charge is 2.16. The van der Waals surface area contributed by atoms with Crippen molar-refractivity contribution >= 4 is 6.29 Å². The Bertz CT molecular complexity index is 121. The summed E-state index contributed by atoms with van der Waals surface area (Å²) in [6.45, 7) is 2.76. The first-order valence-electron chi connectivity index (χ1n) is 4.19. The Morgan fingerprint density at radius 3 is 2.73 bits per heavy atom. The van der Waals surface area contributed by atoms with Crippen LogP contribution in [0, 0.1) is 0 Å². The second-order valence-electron chi connectivity index (χ2n) is 3.09. The normalized spacial score (nSPS) is 20.5. The quantitative estimate of drug-likeness (QED) is 0.578. The van der Waals surface area contributed by atoms with Crippen LogP contribution in [0.25, 0.3) is 0 Å². The van der Waals surface area contributed by atoms with E-state index in [9.17, 15) is 4.79 Å². The molecule has 3 nitrogen and oxygen atoms in total. The zero-order valence-corrected chi connectivity index (χ0v) is 7.05. The van der Waals surface area contributed by atoms with Crippen molar-refractivity contribution in [3.63, 3.8) is 0 Å². The van der Waals surface area contributed by atoms with E-state index in [1.54, 1.807) is 0 Å². The summed E-state index contributed by atoms with van der Waals surface area (Å²) in [5.41, 5.74) is 0. The third-order valence-electron chi connectivity index (χ3n) is 2.29. The van der Waals surface area contributed by atoms with Crippen LogP contribution in [0.15, 0.2) is 0 Å². The van der Waals surface area contributed by atoms with E-state index in [-0.39, 0.29) is 0 Å². The molecule has 1 rings (SSSR count). The molecule has 0 amide bonds. The first kappa shape index (κ1) is 8.68. The van der Waals surface area contributed by atoms with Gasteiger partial charge in [-0.3, -0.25) is 4.90 Å². The molecule has 11 heavy (non-hydrogen) atoms. The highest BCUT2D eigenvalue weighted by atomic mass is 16.1. The summed E-state index contributed by atoms with van der Waals surface area (Å²) in [7, 11) is 2.02. The van der Waals surface area contributed by atoms with Crippen molar-refractivity contribution < 1.29 is 4.79 Å². The van der Waals surface area contributed by atoms with Gasteiger partial charge in [-0.15, -0.1) is 0 Å². The van der Waals surface area contributed by atoms with Gasteiger partial charge in [0.15, 0.2) is 0 Å². The number of likely N-dealkylation sites (N-methyl/N-ethyl adjacent to an activating group) is 1. The van der Waals surface area contributed by atoms with Gasteiger partial charge in [0.1, 0.15) is 6.29 Å². The Labute approximate surface area is 67.8 Å². The lowest BCUT2D eigenvalue weighted by molar-refractivity contribution is -0.109. The van der Waals surface area contributed by atoms with Crippen LogP contribution in [0.3, 0.4) is 0 Å². The Morgan fingerprint density at radius 2 is 2.18 bits per heavy atom. The van der Waals surface area contributed by atoms with Crippen molar-refractivity contribution in [3.05, 3.63) is 0 Å². The number of carbonyl (C=O) groups is 1. The van der Waals surface area contributed by atoms with Crippen molar-refractivity contribution in [3.8, 4) is 0 Å². The van der Waals surface area contributed by atoms with Gasteiger partial charge in [0.2, 0.25) is 0 Å². The van der Waals surface area contributed by atoms with Crippen molar-refractivity contribution in [2.45, 2.75) is 18.9 Å². The maximum absolute atomic E-state index is 10.2. The zero-order chi connectivity index (χ0) is 8.10. The van der Waals surface area contributed by atoms with Gasteiger partial charge in [-0.05, 0) is 33.0 Å². The number of nitrogens with zero attached hydrogens (tertiary/aromatic N) is 1. The monoisotopic (exact) mass is 156 g/mol. The Balaban J connectivity index is 2.26. The molecule has 0 unspecified atom stereocenters. The van der Waals surface area contributed by atoms with Crippen molar-refractivity contribution in [2.24, 2.45) is 0 Å². The predicted molar refractivity (Wildman–Crippen MR) is 44.6 cm³/mol. The fourth-order valence-corrected chi connectivity index (χ4v) is 1.51. The summed E-state index contributed by atoms with van der Waals surface area (Å²) < 4.78 is 0. The highest BCUT2D eigenvalue weighted by molar-refractivity contribution is 5.51. The van der Waals surface area contributed by atoms with Crippen LogP contribution in [-0.4, -0.2) is 43.9 Å². The molecule has 0 radical (unpaired) electrons. The minimum atomic E-state index is 0.574. The summed E-state index contributed by atoms with van der Waals surface area (Å²) >= 11 is 0. The molecule has 0 aliphatic carbocycles. The van der Waals surface area contributed by atoms with Crippen LogP contribution in [0.4, 0.5) is 0 Å². The van der Waals surface area contributed by atoms with E-state index in [4.69, 9.17) is 0 Å². The fraction of sp³-hybridized carbons (Fsp3) is 0.875. The second-order valence-corrected chi connectivity index (χ2v) is 3.09. The lowest BCUT2D eigenvalue weighted by Gasteiger charge is -2.30. The van der Waals surface area contributed by atoms with Gasteiger partial charge in [-0.25, -0.2) is 0 Å². The second kappa shape index (κ2) is 4.46. The van der Waals surface area contributed by atoms with Crippen LogP contribution in [-0.2, 0) is 4.79 Å². The van der Waals surface area contributed by atoms with Gasteiger partial charge >= 0.3 is 0 Å². The Morgan fingerprint density at radius 1 is 1.55 bits per heavy atom. The molecule has 1 heterocycles. The molecule has 1 N–H and O–H groups in total. The molecule has 0 saturated carbocycles. The summed E-state index contributed by atoms with van der Waals surface area (Å²) in [5, 5.41) is 3.30. The average Bonchev–Trinajstić information content (AvgIpc) is 2.07. The molecule has 0 aromatic carbocycles. The van der Waals surface area contributed by atoms with Crippen molar-refractivity contribution in [2.75, 3.05) is 26.7 Å². The number of piperidine rings is 1. The van der Waals surface area contributed by atoms with Crippen LogP contribution >= 0.6 is 0 Å². The summed E-state index contributed by atoms with van der Waals surface area (Å²) in [6, 6.07) is 0.612. The average molecular weight is 156 g/mol. The number of aldehydes is 1. The smallest absolute Gasteiger partial charge is 0.133 e. The molecule has 1 fully saturated rings. The minimum absolute atomic E-state index is 0.574. The molecule has 0 aromatic rings. The highest BCUT2D eigenvalue weighted by Crippen LogP contribution is 2.08. The van der Waals surface area contributed by atoms with Crippen LogP contribution in [0.2, 0.25) is 0 Å². The number of rotatable bonds is 3. The van der Waals surface area contributed by atoms with E-state index in [0.29, 0.717) is 12.6 Å². The third-order valence-corrected chi connectivity index (χ3v) is 2.29. The first-order chi connectivity index (χ1) is 5.34. The van der Waals surface area contributed by atoms with Crippen LogP contribution < -0.4 is 5.32 Å². The molecule has 0 spiro atoms. The van der Waals surface area contributed by atoms with Gasteiger partial charge in [0.25, 0.3) is 0 Å². The van der Waals surface area contributed by atoms with Gasteiger partial charge in [-0.2, -0.15) is 0 Å². The van der Waals surface area contributed by atoms with Gasteiger partial charge < -0.3 is 10.1 Å². The van der Waals surface area contributed by atoms with E-state index < -0.39 is 0 Å². The van der Waals surface area contributed by atoms with E-state index in [1.165, 1.54) is 12.8 Å². The van der Waals surface area contributed by atoms with E-state index in [1.807, 2.05) is 7.05 Å². The first-order valence-corrected chi connectivity index (χ1v) is 4.19. The van der Waals surface area contributed by atoms with Crippen molar-refractivity contribution in [1.82, 2.24) is 10.2 Å². The van der Waals surface area contributed by atoms with E-state index >= 15 is 0 Å². The molecule has 3 heteroatoms. The van der Waals surface area contributed by atoms with Gasteiger partial charge in [0, 0.05) is 6.04 Å². The number of hydrogen-bond donors (Lipinski definition) is 1. The molecular weight excluding hydrogens is 140 g/mol. The maximum atomic E-state index is 10.2. The molecular formula is C8H16N2O. The SMILES string of the molecule is CN(CC=O)C1CCNCC1. The number of carbonyl (C=O) groups excluding carboxylic acids is 1. The maximum Gasteiger partial charge on any atom is 0.133 e. The number of nitrogens with one attached hydrogen (secondary N) is 1. The van der Waals surface area contributed by atoms with Crippen molar-refractivity contribution in [1.29, 1.82) is 0 Å². The Hall–Kier alpha value is -0.410. The molecule has 1 aliphatic rings. The lowest BCUT2D eigenvalue weighted by atomic mass is 10.1. The largest absolute Gasteiger partial charge is 0.317 e. The molecule has 1 aliphatic heterocycles. The molecule has 0 atom stereocenters. The lowest BCUT2D eigenvalue weighted by Crippen LogP contribution is -2.41. The predicted octanol–water partition coefficient (Wildman–Crippen LogP) is -0.131.